The molecular formula is C27H26ClFN2O5. The number of carbonyl (C=O) groups is 2. The van der Waals surface area contributed by atoms with Crippen LogP contribution < -0.4 is 19.5 Å². The van der Waals surface area contributed by atoms with Gasteiger partial charge < -0.3 is 24.4 Å². The third-order valence-electron chi connectivity index (χ3n) is 5.93. The standard InChI is InChI=1S/C27H26ClFN2O5/c1-4-22-27(33)31(14-17-5-7-19(29)13-21(17)28)15-18-11-20(8-10-23(18)36-22)30-26(32)16-6-9-24(34-2)25(12-16)35-3/h5-13,22H,4,14-15H2,1-3H3,(H,30,32)/t22-/m1/s1. The number of halogens is 2. The normalized spacial score (nSPS) is 15.0. The minimum Gasteiger partial charge on any atom is -0.493 e. The van der Waals surface area contributed by atoms with Gasteiger partial charge in [-0.05, 0) is 60.5 Å². The van der Waals surface area contributed by atoms with Gasteiger partial charge in [0.2, 0.25) is 0 Å². The monoisotopic (exact) mass is 512 g/mol. The van der Waals surface area contributed by atoms with Gasteiger partial charge in [-0.15, -0.1) is 0 Å². The molecule has 0 fully saturated rings. The van der Waals surface area contributed by atoms with Crippen molar-refractivity contribution in [3.63, 3.8) is 0 Å². The Morgan fingerprint density at radius 1 is 1.11 bits per heavy atom. The lowest BCUT2D eigenvalue weighted by atomic mass is 10.1. The Morgan fingerprint density at radius 2 is 1.89 bits per heavy atom. The molecule has 9 heteroatoms. The Kier molecular flexibility index (Phi) is 7.64. The van der Waals surface area contributed by atoms with Gasteiger partial charge in [0.25, 0.3) is 11.8 Å². The van der Waals surface area contributed by atoms with Crippen molar-refractivity contribution in [1.82, 2.24) is 4.90 Å². The second kappa shape index (κ2) is 10.9. The van der Waals surface area contributed by atoms with E-state index in [9.17, 15) is 14.0 Å². The summed E-state index contributed by atoms with van der Waals surface area (Å²) in [4.78, 5) is 27.7. The summed E-state index contributed by atoms with van der Waals surface area (Å²) in [6, 6.07) is 14.2. The number of amides is 2. The summed E-state index contributed by atoms with van der Waals surface area (Å²) < 4.78 is 30.0. The molecule has 0 aromatic heterocycles. The SMILES string of the molecule is CC[C@H]1Oc2ccc(NC(=O)c3ccc(OC)c(OC)c3)cc2CN(Cc2ccc(F)cc2Cl)C1=O. The van der Waals surface area contributed by atoms with E-state index in [-0.39, 0.29) is 29.9 Å². The highest BCUT2D eigenvalue weighted by atomic mass is 35.5. The fourth-order valence-electron chi connectivity index (χ4n) is 4.01. The van der Waals surface area contributed by atoms with Crippen LogP contribution >= 0.6 is 11.6 Å². The van der Waals surface area contributed by atoms with Crippen molar-refractivity contribution in [1.29, 1.82) is 0 Å². The molecule has 1 heterocycles. The van der Waals surface area contributed by atoms with E-state index in [1.54, 1.807) is 47.4 Å². The molecule has 1 aliphatic rings. The summed E-state index contributed by atoms with van der Waals surface area (Å²) in [5.41, 5.74) is 2.29. The number of benzene rings is 3. The first-order valence-corrected chi connectivity index (χ1v) is 11.8. The van der Waals surface area contributed by atoms with Crippen molar-refractivity contribution < 1.29 is 28.2 Å². The Morgan fingerprint density at radius 3 is 2.58 bits per heavy atom. The van der Waals surface area contributed by atoms with E-state index in [1.165, 1.54) is 26.4 Å². The third kappa shape index (κ3) is 5.39. The smallest absolute Gasteiger partial charge is 0.264 e. The Bertz CT molecular complexity index is 1300. The Balaban J connectivity index is 1.59. The van der Waals surface area contributed by atoms with Gasteiger partial charge in [-0.2, -0.15) is 0 Å². The summed E-state index contributed by atoms with van der Waals surface area (Å²) >= 11 is 6.22. The molecule has 4 rings (SSSR count). The number of methoxy groups -OCH3 is 2. The van der Waals surface area contributed by atoms with Crippen LogP contribution in [0.1, 0.15) is 34.8 Å². The number of hydrogen-bond donors (Lipinski definition) is 1. The zero-order chi connectivity index (χ0) is 25.8. The topological polar surface area (TPSA) is 77.1 Å². The van der Waals surface area contributed by atoms with Crippen LogP contribution in [0.3, 0.4) is 0 Å². The highest BCUT2D eigenvalue weighted by molar-refractivity contribution is 6.31. The quantitative estimate of drug-likeness (QED) is 0.455. The molecule has 0 aliphatic carbocycles. The molecule has 0 saturated heterocycles. The molecule has 0 unspecified atom stereocenters. The molecule has 7 nitrogen and oxygen atoms in total. The highest BCUT2D eigenvalue weighted by Gasteiger charge is 2.30. The number of carbonyl (C=O) groups excluding carboxylic acids is 2. The number of ether oxygens (including phenoxy) is 3. The first-order chi connectivity index (χ1) is 17.3. The lowest BCUT2D eigenvalue weighted by Gasteiger charge is -2.23. The van der Waals surface area contributed by atoms with Crippen molar-refractivity contribution in [2.24, 2.45) is 0 Å². The summed E-state index contributed by atoms with van der Waals surface area (Å²) in [5, 5.41) is 3.12. The number of fused-ring (bicyclic) bond motifs is 1. The van der Waals surface area contributed by atoms with Crippen LogP contribution in [0.5, 0.6) is 17.2 Å². The van der Waals surface area contributed by atoms with Gasteiger partial charge in [0.1, 0.15) is 11.6 Å². The maximum atomic E-state index is 13.5. The van der Waals surface area contributed by atoms with E-state index in [0.29, 0.717) is 40.5 Å². The molecule has 0 saturated carbocycles. The van der Waals surface area contributed by atoms with Crippen LogP contribution in [0.4, 0.5) is 10.1 Å². The second-order valence-corrected chi connectivity index (χ2v) is 8.70. The van der Waals surface area contributed by atoms with Gasteiger partial charge in [-0.1, -0.05) is 24.6 Å². The van der Waals surface area contributed by atoms with E-state index in [0.717, 1.165) is 5.56 Å². The lowest BCUT2D eigenvalue weighted by molar-refractivity contribution is -0.139. The molecular weight excluding hydrogens is 487 g/mol. The molecule has 1 atom stereocenters. The average molecular weight is 513 g/mol. The van der Waals surface area contributed by atoms with Crippen molar-refractivity contribution in [2.75, 3.05) is 19.5 Å². The lowest BCUT2D eigenvalue weighted by Crippen LogP contribution is -2.38. The number of nitrogens with one attached hydrogen (secondary N) is 1. The summed E-state index contributed by atoms with van der Waals surface area (Å²) in [6.07, 6.45) is -0.193. The minimum atomic E-state index is -0.669. The fourth-order valence-corrected chi connectivity index (χ4v) is 4.24. The zero-order valence-electron chi connectivity index (χ0n) is 20.1. The summed E-state index contributed by atoms with van der Waals surface area (Å²) in [7, 11) is 3.03. The van der Waals surface area contributed by atoms with E-state index < -0.39 is 11.9 Å². The van der Waals surface area contributed by atoms with Gasteiger partial charge in [0.15, 0.2) is 17.6 Å². The summed E-state index contributed by atoms with van der Waals surface area (Å²) in [6.45, 7) is 2.30. The molecule has 188 valence electrons. The molecule has 3 aromatic rings. The number of hydrogen-bond acceptors (Lipinski definition) is 5. The number of anilines is 1. The number of nitrogens with zero attached hydrogens (tertiary/aromatic N) is 1. The molecule has 0 spiro atoms. The zero-order valence-corrected chi connectivity index (χ0v) is 20.9. The van der Waals surface area contributed by atoms with Crippen LogP contribution in [-0.2, 0) is 17.9 Å². The first-order valence-electron chi connectivity index (χ1n) is 11.4. The van der Waals surface area contributed by atoms with E-state index in [1.807, 2.05) is 6.92 Å². The van der Waals surface area contributed by atoms with Gasteiger partial charge in [-0.3, -0.25) is 9.59 Å². The molecule has 1 aliphatic heterocycles. The Labute approximate surface area is 213 Å². The third-order valence-corrected chi connectivity index (χ3v) is 6.28. The minimum absolute atomic E-state index is 0.190. The molecule has 0 bridgehead atoms. The average Bonchev–Trinajstić information content (AvgIpc) is 3.00. The van der Waals surface area contributed by atoms with Crippen molar-refractivity contribution in [2.45, 2.75) is 32.5 Å². The molecule has 3 aromatic carbocycles. The van der Waals surface area contributed by atoms with Crippen molar-refractivity contribution in [3.8, 4) is 17.2 Å². The van der Waals surface area contributed by atoms with Crippen molar-refractivity contribution >= 4 is 29.1 Å². The maximum Gasteiger partial charge on any atom is 0.264 e. The number of rotatable bonds is 7. The van der Waals surface area contributed by atoms with E-state index in [2.05, 4.69) is 5.32 Å². The predicted molar refractivity (Wildman–Crippen MR) is 134 cm³/mol. The largest absolute Gasteiger partial charge is 0.493 e. The molecule has 2 amide bonds. The van der Waals surface area contributed by atoms with E-state index in [4.69, 9.17) is 25.8 Å². The van der Waals surface area contributed by atoms with Crippen LogP contribution in [0.25, 0.3) is 0 Å². The second-order valence-electron chi connectivity index (χ2n) is 8.29. The summed E-state index contributed by atoms with van der Waals surface area (Å²) in [5.74, 6) is 0.563. The van der Waals surface area contributed by atoms with Gasteiger partial charge in [0, 0.05) is 34.9 Å². The predicted octanol–water partition coefficient (Wildman–Crippen LogP) is 5.45. The fraction of sp³-hybridized carbons (Fsp3) is 0.259. The van der Waals surface area contributed by atoms with E-state index >= 15 is 0 Å². The van der Waals surface area contributed by atoms with Crippen LogP contribution in [0, 0.1) is 5.82 Å². The van der Waals surface area contributed by atoms with Gasteiger partial charge in [-0.25, -0.2) is 4.39 Å². The van der Waals surface area contributed by atoms with Crippen LogP contribution in [0.15, 0.2) is 54.6 Å². The van der Waals surface area contributed by atoms with Gasteiger partial charge in [0.05, 0.1) is 14.2 Å². The highest BCUT2D eigenvalue weighted by Crippen LogP contribution is 2.32. The molecule has 1 N–H and O–H groups in total. The first kappa shape index (κ1) is 25.3. The van der Waals surface area contributed by atoms with Crippen LogP contribution in [0.2, 0.25) is 5.02 Å². The Hall–Kier alpha value is -3.78. The molecule has 0 radical (unpaired) electrons. The molecule has 36 heavy (non-hydrogen) atoms. The van der Waals surface area contributed by atoms with Crippen LogP contribution in [-0.4, -0.2) is 37.0 Å². The maximum absolute atomic E-state index is 13.5. The van der Waals surface area contributed by atoms with Gasteiger partial charge >= 0.3 is 0 Å². The van der Waals surface area contributed by atoms with Crippen molar-refractivity contribution in [3.05, 3.63) is 82.1 Å².